The first-order valence-corrected chi connectivity index (χ1v) is 9.47. The minimum absolute atomic E-state index is 0.352. The predicted molar refractivity (Wildman–Crippen MR) is 96.5 cm³/mol. The molecule has 1 aliphatic carbocycles. The van der Waals surface area contributed by atoms with E-state index in [1.807, 2.05) is 12.4 Å². The molecule has 7 heteroatoms. The lowest BCUT2D eigenvalue weighted by Crippen LogP contribution is -2.08. The summed E-state index contributed by atoms with van der Waals surface area (Å²) in [5.74, 6) is -0.352. The van der Waals surface area contributed by atoms with Crippen molar-refractivity contribution in [3.05, 3.63) is 34.1 Å². The van der Waals surface area contributed by atoms with E-state index in [2.05, 4.69) is 22.2 Å². The number of carbonyl (C=O) groups is 1. The van der Waals surface area contributed by atoms with Crippen LogP contribution < -0.4 is 0 Å². The van der Waals surface area contributed by atoms with Crippen LogP contribution in [0.3, 0.4) is 0 Å². The number of fused-ring (bicyclic) bond motifs is 3. The molecule has 0 saturated heterocycles. The number of pyridine rings is 1. The molecule has 0 aromatic carbocycles. The zero-order chi connectivity index (χ0) is 17.4. The summed E-state index contributed by atoms with van der Waals surface area (Å²) in [6, 6.07) is 0. The molecule has 0 unspecified atom stereocenters. The number of aromatic nitrogens is 4. The average Bonchev–Trinajstić information content (AvgIpc) is 3.25. The molecule has 4 rings (SSSR count). The zero-order valence-corrected chi connectivity index (χ0v) is 15.2. The van der Waals surface area contributed by atoms with Gasteiger partial charge in [-0.25, -0.2) is 14.5 Å². The second-order valence-electron chi connectivity index (χ2n) is 6.33. The van der Waals surface area contributed by atoms with Crippen LogP contribution in [0.25, 0.3) is 15.9 Å². The van der Waals surface area contributed by atoms with Crippen molar-refractivity contribution in [1.29, 1.82) is 0 Å². The monoisotopic (exact) mass is 356 g/mol. The fraction of sp³-hybridized carbons (Fsp3) is 0.444. The van der Waals surface area contributed by atoms with Gasteiger partial charge in [0.2, 0.25) is 0 Å². The zero-order valence-electron chi connectivity index (χ0n) is 14.4. The fourth-order valence-corrected chi connectivity index (χ4v) is 4.57. The van der Waals surface area contributed by atoms with Crippen LogP contribution >= 0.6 is 11.3 Å². The molecule has 6 nitrogen and oxygen atoms in total. The molecule has 3 aromatic heterocycles. The van der Waals surface area contributed by atoms with Crippen molar-refractivity contribution in [2.45, 2.75) is 45.4 Å². The van der Waals surface area contributed by atoms with E-state index in [4.69, 9.17) is 4.74 Å². The first-order chi connectivity index (χ1) is 12.2. The largest absolute Gasteiger partial charge is 0.465 e. The third kappa shape index (κ3) is 2.72. The number of thiophene rings is 1. The summed E-state index contributed by atoms with van der Waals surface area (Å²) in [6.07, 6.45) is 10.1. The summed E-state index contributed by atoms with van der Waals surface area (Å²) < 4.78 is 6.74. The van der Waals surface area contributed by atoms with E-state index in [1.54, 1.807) is 4.68 Å². The maximum atomic E-state index is 12.4. The van der Waals surface area contributed by atoms with Crippen LogP contribution in [0.2, 0.25) is 0 Å². The van der Waals surface area contributed by atoms with E-state index in [1.165, 1.54) is 36.0 Å². The Balaban J connectivity index is 1.99. The molecule has 0 bridgehead atoms. The average molecular weight is 356 g/mol. The first-order valence-electron chi connectivity index (χ1n) is 8.66. The van der Waals surface area contributed by atoms with Gasteiger partial charge in [-0.1, -0.05) is 18.6 Å². The predicted octanol–water partition coefficient (Wildman–Crippen LogP) is 3.49. The quantitative estimate of drug-likeness (QED) is 0.669. The third-order valence-electron chi connectivity index (χ3n) is 4.66. The summed E-state index contributed by atoms with van der Waals surface area (Å²) in [4.78, 5) is 18.4. The lowest BCUT2D eigenvalue weighted by molar-refractivity contribution is 0.0606. The summed E-state index contributed by atoms with van der Waals surface area (Å²) in [5.41, 5.74) is 4.27. The highest BCUT2D eigenvalue weighted by Gasteiger charge is 2.26. The summed E-state index contributed by atoms with van der Waals surface area (Å²) >= 11 is 1.37. The van der Waals surface area contributed by atoms with E-state index >= 15 is 0 Å². The van der Waals surface area contributed by atoms with Crippen LogP contribution in [0.5, 0.6) is 0 Å². The van der Waals surface area contributed by atoms with Crippen LogP contribution in [0.1, 0.15) is 52.7 Å². The Morgan fingerprint density at radius 3 is 3.00 bits per heavy atom. The second-order valence-corrected chi connectivity index (χ2v) is 7.32. The van der Waals surface area contributed by atoms with E-state index in [-0.39, 0.29) is 5.97 Å². The Morgan fingerprint density at radius 1 is 1.36 bits per heavy atom. The van der Waals surface area contributed by atoms with Gasteiger partial charge in [-0.2, -0.15) is 0 Å². The van der Waals surface area contributed by atoms with Crippen molar-refractivity contribution in [3.63, 3.8) is 0 Å². The van der Waals surface area contributed by atoms with Gasteiger partial charge >= 0.3 is 5.97 Å². The number of nitrogens with zero attached hydrogens (tertiary/aromatic N) is 4. The number of methoxy groups -OCH3 is 1. The van der Waals surface area contributed by atoms with E-state index in [0.717, 1.165) is 53.7 Å². The van der Waals surface area contributed by atoms with Crippen molar-refractivity contribution < 1.29 is 9.53 Å². The molecule has 0 amide bonds. The first kappa shape index (κ1) is 16.2. The molecule has 25 heavy (non-hydrogen) atoms. The summed E-state index contributed by atoms with van der Waals surface area (Å²) in [6.45, 7) is 2.11. The summed E-state index contributed by atoms with van der Waals surface area (Å²) in [5, 5.41) is 9.58. The number of rotatable bonds is 4. The number of hydrogen-bond acceptors (Lipinski definition) is 6. The third-order valence-corrected chi connectivity index (χ3v) is 5.73. The molecule has 130 valence electrons. The lowest BCUT2D eigenvalue weighted by Gasteiger charge is -2.16. The van der Waals surface area contributed by atoms with Crippen molar-refractivity contribution in [2.24, 2.45) is 0 Å². The molecular weight excluding hydrogens is 336 g/mol. The van der Waals surface area contributed by atoms with Crippen molar-refractivity contribution in [3.8, 4) is 5.69 Å². The Morgan fingerprint density at radius 2 is 2.20 bits per heavy atom. The van der Waals surface area contributed by atoms with Gasteiger partial charge < -0.3 is 4.74 Å². The topological polar surface area (TPSA) is 69.9 Å². The maximum absolute atomic E-state index is 12.4. The molecule has 0 N–H and O–H groups in total. The van der Waals surface area contributed by atoms with E-state index < -0.39 is 0 Å². The maximum Gasteiger partial charge on any atom is 0.350 e. The Labute approximate surface area is 149 Å². The van der Waals surface area contributed by atoms with Crippen LogP contribution in [-0.2, 0) is 24.0 Å². The van der Waals surface area contributed by atoms with Gasteiger partial charge in [0.25, 0.3) is 0 Å². The van der Waals surface area contributed by atoms with Crippen molar-refractivity contribution in [2.75, 3.05) is 7.11 Å². The molecule has 3 heterocycles. The minimum Gasteiger partial charge on any atom is -0.465 e. The minimum atomic E-state index is -0.352. The van der Waals surface area contributed by atoms with Gasteiger partial charge in [0, 0.05) is 11.6 Å². The Kier molecular flexibility index (Phi) is 4.25. The normalized spacial score (nSPS) is 13.8. The molecule has 0 spiro atoms. The van der Waals surface area contributed by atoms with Gasteiger partial charge in [-0.15, -0.1) is 16.4 Å². The van der Waals surface area contributed by atoms with Gasteiger partial charge in [0.05, 0.1) is 19.0 Å². The number of hydrogen-bond donors (Lipinski definition) is 0. The molecule has 0 atom stereocenters. The van der Waals surface area contributed by atoms with Gasteiger partial charge in [-0.3, -0.25) is 0 Å². The molecule has 0 radical (unpaired) electrons. The lowest BCUT2D eigenvalue weighted by atomic mass is 9.91. The fourth-order valence-electron chi connectivity index (χ4n) is 3.50. The van der Waals surface area contributed by atoms with Crippen LogP contribution in [-0.4, -0.2) is 33.1 Å². The smallest absolute Gasteiger partial charge is 0.350 e. The van der Waals surface area contributed by atoms with Crippen molar-refractivity contribution >= 4 is 27.5 Å². The molecule has 3 aromatic rings. The molecule has 0 aliphatic heterocycles. The van der Waals surface area contributed by atoms with E-state index in [0.29, 0.717) is 4.88 Å². The Hall–Kier alpha value is -2.28. The highest BCUT2D eigenvalue weighted by Crippen LogP contribution is 2.39. The van der Waals surface area contributed by atoms with Crippen LogP contribution in [0.15, 0.2) is 12.4 Å². The van der Waals surface area contributed by atoms with Gasteiger partial charge in [-0.05, 0) is 43.2 Å². The second kappa shape index (κ2) is 6.55. The Bertz CT molecular complexity index is 944. The number of ether oxygens (including phenoxy) is 1. The van der Waals surface area contributed by atoms with Gasteiger partial charge in [0.15, 0.2) is 0 Å². The SMILES string of the molecule is CCCc1cn(-c2c(C(=O)OC)sc3ncc4c(c23)CCCC4)nn1. The number of esters is 1. The van der Waals surface area contributed by atoms with Crippen molar-refractivity contribution in [1.82, 2.24) is 20.0 Å². The van der Waals surface area contributed by atoms with Crippen LogP contribution in [0.4, 0.5) is 0 Å². The highest BCUT2D eigenvalue weighted by molar-refractivity contribution is 7.21. The summed E-state index contributed by atoms with van der Waals surface area (Å²) in [7, 11) is 1.41. The van der Waals surface area contributed by atoms with E-state index in [9.17, 15) is 4.79 Å². The molecular formula is C18H20N4O2S. The molecule has 0 fully saturated rings. The standard InChI is InChI=1S/C18H20N4O2S/c1-3-6-12-10-22(21-20-12)15-14-13-8-5-4-7-11(13)9-19-17(14)25-16(15)18(23)24-2/h9-10H,3-8H2,1-2H3. The van der Waals surface area contributed by atoms with Crippen LogP contribution in [0, 0.1) is 0 Å². The number of carbonyl (C=O) groups excluding carboxylic acids is 1. The van der Waals surface area contributed by atoms with Gasteiger partial charge in [0.1, 0.15) is 15.4 Å². The molecule has 0 saturated carbocycles. The highest BCUT2D eigenvalue weighted by atomic mass is 32.1. The number of aryl methyl sites for hydroxylation is 3. The molecule has 1 aliphatic rings.